The number of benzene rings is 1. The minimum Gasteiger partial charge on any atom is -0.396 e. The van der Waals surface area contributed by atoms with Gasteiger partial charge in [0.1, 0.15) is 10.4 Å². The number of rotatable bonds is 3. The first-order chi connectivity index (χ1) is 9.70. The molecule has 5 nitrogen and oxygen atoms in total. The molecule has 0 aliphatic carbocycles. The number of hydrogen-bond acceptors (Lipinski definition) is 4. The van der Waals surface area contributed by atoms with Crippen LogP contribution in [0, 0.1) is 19.7 Å². The van der Waals surface area contributed by atoms with E-state index in [9.17, 15) is 12.8 Å². The molecular formula is C13H13BrFN3O2S. The van der Waals surface area contributed by atoms with Crippen molar-refractivity contribution < 1.29 is 12.8 Å². The number of nitrogen functional groups attached to an aromatic ring is 1. The van der Waals surface area contributed by atoms with Crippen LogP contribution in [0.2, 0.25) is 0 Å². The van der Waals surface area contributed by atoms with Crippen LogP contribution in [0.25, 0.3) is 0 Å². The number of aromatic nitrogens is 1. The van der Waals surface area contributed by atoms with Crippen LogP contribution >= 0.6 is 15.9 Å². The summed E-state index contributed by atoms with van der Waals surface area (Å²) in [4.78, 5) is 3.91. The van der Waals surface area contributed by atoms with Gasteiger partial charge in [0, 0.05) is 0 Å². The lowest BCUT2D eigenvalue weighted by Gasteiger charge is -2.11. The molecule has 0 spiro atoms. The number of sulfonamides is 1. The van der Waals surface area contributed by atoms with E-state index in [2.05, 4.69) is 25.6 Å². The van der Waals surface area contributed by atoms with Gasteiger partial charge in [-0.05, 0) is 59.1 Å². The average Bonchev–Trinajstić information content (AvgIpc) is 2.39. The lowest BCUT2D eigenvalue weighted by atomic mass is 10.2. The van der Waals surface area contributed by atoms with Crippen molar-refractivity contribution >= 4 is 37.3 Å². The predicted molar refractivity (Wildman–Crippen MR) is 83.0 cm³/mol. The third kappa shape index (κ3) is 3.33. The summed E-state index contributed by atoms with van der Waals surface area (Å²) < 4.78 is 41.1. The molecule has 3 N–H and O–H groups in total. The standard InChI is InChI=1S/C13H13BrFN3O2S/c1-7-4-10(5-11(16)12(7)15)21(19,20)18-9-3-8(2)13(14)17-6-9/h3-6,18H,16H2,1-2H3. The molecule has 1 aromatic heterocycles. The molecule has 2 rings (SSSR count). The highest BCUT2D eigenvalue weighted by Crippen LogP contribution is 2.24. The summed E-state index contributed by atoms with van der Waals surface area (Å²) in [6.45, 7) is 3.24. The normalized spacial score (nSPS) is 11.4. The average molecular weight is 374 g/mol. The summed E-state index contributed by atoms with van der Waals surface area (Å²) in [5.74, 6) is -0.616. The molecule has 0 aliphatic heterocycles. The number of pyridine rings is 1. The van der Waals surface area contributed by atoms with Crippen molar-refractivity contribution in [3.05, 3.63) is 45.9 Å². The second-order valence-electron chi connectivity index (χ2n) is 4.58. The summed E-state index contributed by atoms with van der Waals surface area (Å²) >= 11 is 3.23. The number of aryl methyl sites for hydroxylation is 2. The van der Waals surface area contributed by atoms with Crippen LogP contribution in [-0.2, 0) is 10.0 Å². The van der Waals surface area contributed by atoms with Crippen LogP contribution in [0.4, 0.5) is 15.8 Å². The zero-order chi connectivity index (χ0) is 15.8. The summed E-state index contributed by atoms with van der Waals surface area (Å²) in [5, 5.41) is 0. The second kappa shape index (κ2) is 5.61. The summed E-state index contributed by atoms with van der Waals surface area (Å²) in [5.41, 5.74) is 6.53. The molecule has 0 saturated heterocycles. The van der Waals surface area contributed by atoms with Gasteiger partial charge in [-0.25, -0.2) is 17.8 Å². The Morgan fingerprint density at radius 3 is 2.48 bits per heavy atom. The molecule has 0 amide bonds. The lowest BCUT2D eigenvalue weighted by Crippen LogP contribution is -2.14. The Morgan fingerprint density at radius 1 is 1.24 bits per heavy atom. The Balaban J connectivity index is 2.40. The Labute approximate surface area is 130 Å². The van der Waals surface area contributed by atoms with Gasteiger partial charge in [0.15, 0.2) is 0 Å². The zero-order valence-electron chi connectivity index (χ0n) is 11.3. The van der Waals surface area contributed by atoms with Crippen LogP contribution in [0.1, 0.15) is 11.1 Å². The molecule has 8 heteroatoms. The van der Waals surface area contributed by atoms with Crippen LogP contribution < -0.4 is 10.5 Å². The quantitative estimate of drug-likeness (QED) is 0.639. The van der Waals surface area contributed by atoms with Gasteiger partial charge in [-0.1, -0.05) is 0 Å². The molecule has 0 aliphatic rings. The largest absolute Gasteiger partial charge is 0.396 e. The maximum atomic E-state index is 13.5. The van der Waals surface area contributed by atoms with Crippen LogP contribution in [0.5, 0.6) is 0 Å². The first-order valence-electron chi connectivity index (χ1n) is 5.91. The van der Waals surface area contributed by atoms with Crippen molar-refractivity contribution in [1.29, 1.82) is 0 Å². The third-order valence-electron chi connectivity index (χ3n) is 2.83. The van der Waals surface area contributed by atoms with Crippen molar-refractivity contribution in [3.8, 4) is 0 Å². The monoisotopic (exact) mass is 373 g/mol. The number of halogens is 2. The molecular weight excluding hydrogens is 361 g/mol. The van der Waals surface area contributed by atoms with E-state index in [0.717, 1.165) is 11.6 Å². The van der Waals surface area contributed by atoms with Crippen molar-refractivity contribution in [1.82, 2.24) is 4.98 Å². The Kier molecular flexibility index (Phi) is 4.20. The van der Waals surface area contributed by atoms with Crippen molar-refractivity contribution in [2.24, 2.45) is 0 Å². The molecule has 0 atom stereocenters. The van der Waals surface area contributed by atoms with Crippen LogP contribution in [0.3, 0.4) is 0 Å². The number of nitrogens with two attached hydrogens (primary N) is 1. The van der Waals surface area contributed by atoms with E-state index in [-0.39, 0.29) is 16.1 Å². The van der Waals surface area contributed by atoms with Crippen molar-refractivity contribution in [2.45, 2.75) is 18.7 Å². The van der Waals surface area contributed by atoms with E-state index in [1.165, 1.54) is 19.2 Å². The lowest BCUT2D eigenvalue weighted by molar-refractivity contribution is 0.599. The smallest absolute Gasteiger partial charge is 0.262 e. The van der Waals surface area contributed by atoms with Gasteiger partial charge < -0.3 is 5.73 Å². The molecule has 0 bridgehead atoms. The second-order valence-corrected chi connectivity index (χ2v) is 7.01. The molecule has 112 valence electrons. The highest BCUT2D eigenvalue weighted by molar-refractivity contribution is 9.10. The number of nitrogens with one attached hydrogen (secondary N) is 1. The molecule has 0 unspecified atom stereocenters. The molecule has 0 fully saturated rings. The van der Waals surface area contributed by atoms with Gasteiger partial charge in [-0.15, -0.1) is 0 Å². The Morgan fingerprint density at radius 2 is 1.90 bits per heavy atom. The SMILES string of the molecule is Cc1cc(NS(=O)(=O)c2cc(C)c(F)c(N)c2)cnc1Br. The molecule has 0 radical (unpaired) electrons. The molecule has 1 aromatic carbocycles. The van der Waals surface area contributed by atoms with Gasteiger partial charge in [-0.2, -0.15) is 0 Å². The number of hydrogen-bond donors (Lipinski definition) is 2. The Hall–Kier alpha value is -1.67. The van der Waals surface area contributed by atoms with Gasteiger partial charge in [0.05, 0.1) is 22.5 Å². The summed E-state index contributed by atoms with van der Waals surface area (Å²) in [7, 11) is -3.86. The fraction of sp³-hybridized carbons (Fsp3) is 0.154. The number of anilines is 2. The van der Waals surface area contributed by atoms with E-state index in [4.69, 9.17) is 5.73 Å². The van der Waals surface area contributed by atoms with Gasteiger partial charge in [-0.3, -0.25) is 4.72 Å². The van der Waals surface area contributed by atoms with E-state index in [1.807, 2.05) is 0 Å². The van der Waals surface area contributed by atoms with E-state index in [1.54, 1.807) is 13.0 Å². The maximum Gasteiger partial charge on any atom is 0.262 e. The van der Waals surface area contributed by atoms with Gasteiger partial charge in [0.25, 0.3) is 10.0 Å². The first kappa shape index (κ1) is 15.7. The number of nitrogens with zero attached hydrogens (tertiary/aromatic N) is 1. The molecule has 21 heavy (non-hydrogen) atoms. The summed E-state index contributed by atoms with van der Waals surface area (Å²) in [6, 6.07) is 3.95. The third-order valence-corrected chi connectivity index (χ3v) is 5.02. The van der Waals surface area contributed by atoms with Gasteiger partial charge in [0.2, 0.25) is 0 Å². The summed E-state index contributed by atoms with van der Waals surface area (Å²) in [6.07, 6.45) is 1.38. The fourth-order valence-electron chi connectivity index (χ4n) is 1.75. The fourth-order valence-corrected chi connectivity index (χ4v) is 3.12. The Bertz CT molecular complexity index is 786. The molecule has 1 heterocycles. The van der Waals surface area contributed by atoms with Crippen LogP contribution in [-0.4, -0.2) is 13.4 Å². The van der Waals surface area contributed by atoms with Crippen LogP contribution in [0.15, 0.2) is 33.9 Å². The maximum absolute atomic E-state index is 13.5. The highest BCUT2D eigenvalue weighted by Gasteiger charge is 2.18. The zero-order valence-corrected chi connectivity index (χ0v) is 13.7. The minimum absolute atomic E-state index is 0.0977. The van der Waals surface area contributed by atoms with E-state index >= 15 is 0 Å². The van der Waals surface area contributed by atoms with Crippen molar-refractivity contribution in [2.75, 3.05) is 10.5 Å². The van der Waals surface area contributed by atoms with E-state index in [0.29, 0.717) is 10.3 Å². The minimum atomic E-state index is -3.86. The molecule has 2 aromatic rings. The highest BCUT2D eigenvalue weighted by atomic mass is 79.9. The first-order valence-corrected chi connectivity index (χ1v) is 8.19. The topological polar surface area (TPSA) is 85.1 Å². The van der Waals surface area contributed by atoms with E-state index < -0.39 is 15.8 Å². The van der Waals surface area contributed by atoms with Crippen molar-refractivity contribution in [3.63, 3.8) is 0 Å². The van der Waals surface area contributed by atoms with Gasteiger partial charge >= 0.3 is 0 Å². The predicted octanol–water partition coefficient (Wildman–Crippen LogP) is 2.98. The molecule has 0 saturated carbocycles.